The molecule has 3 nitrogen and oxygen atoms in total. The predicted octanol–water partition coefficient (Wildman–Crippen LogP) is 5.05. The molecule has 0 bridgehead atoms. The number of anilines is 1. The number of hydrogen-bond donors (Lipinski definition) is 1. The molecule has 3 aromatic rings. The third-order valence-electron chi connectivity index (χ3n) is 3.36. The third-order valence-corrected chi connectivity index (χ3v) is 5.11. The summed E-state index contributed by atoms with van der Waals surface area (Å²) >= 11 is 2.94. The van der Waals surface area contributed by atoms with E-state index in [4.69, 9.17) is 0 Å². The van der Waals surface area contributed by atoms with Crippen LogP contribution in [0.2, 0.25) is 0 Å². The summed E-state index contributed by atoms with van der Waals surface area (Å²) in [4.78, 5) is 18.5. The molecule has 2 heterocycles. The van der Waals surface area contributed by atoms with Gasteiger partial charge in [0.15, 0.2) is 5.13 Å². The maximum Gasteiger partial charge on any atom is 0.267 e. The Labute approximate surface area is 137 Å². The minimum atomic E-state index is -0.0973. The van der Waals surface area contributed by atoms with Crippen LogP contribution in [0, 0.1) is 20.8 Å². The molecule has 0 unspecified atom stereocenters. The number of aromatic nitrogens is 1. The lowest BCUT2D eigenvalue weighted by molar-refractivity contribution is 0.103. The lowest BCUT2D eigenvalue weighted by Crippen LogP contribution is -2.09. The smallest absolute Gasteiger partial charge is 0.267 e. The van der Waals surface area contributed by atoms with Crippen LogP contribution in [0.1, 0.15) is 25.7 Å². The van der Waals surface area contributed by atoms with Crippen molar-refractivity contribution in [1.82, 2.24) is 4.98 Å². The Morgan fingerprint density at radius 3 is 2.68 bits per heavy atom. The van der Waals surface area contributed by atoms with Crippen LogP contribution in [0.15, 0.2) is 35.7 Å². The number of amides is 1. The molecule has 2 aromatic heterocycles. The highest BCUT2D eigenvalue weighted by Crippen LogP contribution is 2.28. The molecule has 0 fully saturated rings. The van der Waals surface area contributed by atoms with Crippen LogP contribution < -0.4 is 5.32 Å². The zero-order valence-electron chi connectivity index (χ0n) is 12.6. The van der Waals surface area contributed by atoms with Crippen LogP contribution in [0.3, 0.4) is 0 Å². The van der Waals surface area contributed by atoms with E-state index in [0.29, 0.717) is 10.0 Å². The van der Waals surface area contributed by atoms with Gasteiger partial charge in [0.1, 0.15) is 0 Å². The van der Waals surface area contributed by atoms with Crippen molar-refractivity contribution in [1.29, 1.82) is 0 Å². The monoisotopic (exact) mass is 328 g/mol. The fourth-order valence-corrected chi connectivity index (χ4v) is 3.65. The Kier molecular flexibility index (Phi) is 4.09. The molecule has 0 aliphatic rings. The molecule has 0 radical (unpaired) electrons. The van der Waals surface area contributed by atoms with Crippen molar-refractivity contribution in [2.45, 2.75) is 20.8 Å². The van der Waals surface area contributed by atoms with Gasteiger partial charge < -0.3 is 0 Å². The van der Waals surface area contributed by atoms with Gasteiger partial charge in [0.05, 0.1) is 10.6 Å². The normalized spacial score (nSPS) is 10.7. The van der Waals surface area contributed by atoms with Crippen LogP contribution in [0.5, 0.6) is 0 Å². The van der Waals surface area contributed by atoms with E-state index in [1.54, 1.807) is 0 Å². The number of nitrogens with one attached hydrogen (secondary N) is 1. The predicted molar refractivity (Wildman–Crippen MR) is 94.0 cm³/mol. The van der Waals surface area contributed by atoms with Gasteiger partial charge in [-0.2, -0.15) is 0 Å². The minimum Gasteiger partial charge on any atom is -0.297 e. The molecule has 0 aliphatic heterocycles. The number of nitrogens with zero attached hydrogens (tertiary/aromatic N) is 1. The van der Waals surface area contributed by atoms with Crippen molar-refractivity contribution in [3.8, 4) is 11.3 Å². The van der Waals surface area contributed by atoms with Crippen molar-refractivity contribution in [3.05, 3.63) is 56.6 Å². The van der Waals surface area contributed by atoms with Crippen LogP contribution >= 0.6 is 22.7 Å². The molecule has 0 atom stereocenters. The topological polar surface area (TPSA) is 42.0 Å². The molecule has 0 saturated heterocycles. The first-order valence-corrected chi connectivity index (χ1v) is 8.63. The van der Waals surface area contributed by atoms with E-state index in [1.165, 1.54) is 33.8 Å². The third kappa shape index (κ3) is 3.10. The molecule has 112 valence electrons. The van der Waals surface area contributed by atoms with Crippen LogP contribution in [-0.2, 0) is 0 Å². The SMILES string of the molecule is Cc1ccc(C)c(-c2csc(NC(=O)c3ccc(C)s3)n2)c1. The summed E-state index contributed by atoms with van der Waals surface area (Å²) in [6.45, 7) is 6.13. The van der Waals surface area contributed by atoms with Crippen molar-refractivity contribution in [2.75, 3.05) is 5.32 Å². The Bertz CT molecular complexity index is 833. The number of hydrogen-bond acceptors (Lipinski definition) is 4. The molecule has 0 saturated carbocycles. The molecule has 22 heavy (non-hydrogen) atoms. The Morgan fingerprint density at radius 1 is 1.14 bits per heavy atom. The van der Waals surface area contributed by atoms with Gasteiger partial charge in [-0.3, -0.25) is 10.1 Å². The second kappa shape index (κ2) is 6.02. The summed E-state index contributed by atoms with van der Waals surface area (Å²) < 4.78 is 0. The average molecular weight is 328 g/mol. The van der Waals surface area contributed by atoms with E-state index in [-0.39, 0.29) is 5.91 Å². The number of aryl methyl sites for hydroxylation is 3. The lowest BCUT2D eigenvalue weighted by atomic mass is 10.0. The zero-order chi connectivity index (χ0) is 15.7. The van der Waals surface area contributed by atoms with Gasteiger partial charge in [0.2, 0.25) is 0 Å². The molecule has 5 heteroatoms. The molecule has 0 aliphatic carbocycles. The number of thiazole rings is 1. The highest BCUT2D eigenvalue weighted by atomic mass is 32.1. The zero-order valence-corrected chi connectivity index (χ0v) is 14.3. The lowest BCUT2D eigenvalue weighted by Gasteiger charge is -2.03. The van der Waals surface area contributed by atoms with Crippen molar-refractivity contribution in [3.63, 3.8) is 0 Å². The molecular weight excluding hydrogens is 312 g/mol. The van der Waals surface area contributed by atoms with Crippen molar-refractivity contribution >= 4 is 33.7 Å². The first-order valence-electron chi connectivity index (χ1n) is 6.94. The highest BCUT2D eigenvalue weighted by molar-refractivity contribution is 7.15. The van der Waals surface area contributed by atoms with Gasteiger partial charge in [-0.15, -0.1) is 22.7 Å². The van der Waals surface area contributed by atoms with Crippen molar-refractivity contribution in [2.24, 2.45) is 0 Å². The maximum atomic E-state index is 12.2. The Morgan fingerprint density at radius 2 is 1.95 bits per heavy atom. The summed E-state index contributed by atoms with van der Waals surface area (Å²) in [6.07, 6.45) is 0. The second-order valence-electron chi connectivity index (χ2n) is 5.22. The number of carbonyl (C=O) groups is 1. The highest BCUT2D eigenvalue weighted by Gasteiger charge is 2.12. The standard InChI is InChI=1S/C17H16N2OS2/c1-10-4-5-11(2)13(8-10)14-9-21-17(18-14)19-16(20)15-7-6-12(3)22-15/h4-9H,1-3H3,(H,18,19,20). The number of carbonyl (C=O) groups excluding carboxylic acids is 1. The van der Waals surface area contributed by atoms with E-state index in [1.807, 2.05) is 24.4 Å². The summed E-state index contributed by atoms with van der Waals surface area (Å²) in [7, 11) is 0. The fraction of sp³-hybridized carbons (Fsp3) is 0.176. The first-order chi connectivity index (χ1) is 10.5. The minimum absolute atomic E-state index is 0.0973. The second-order valence-corrected chi connectivity index (χ2v) is 7.37. The number of rotatable bonds is 3. The number of benzene rings is 1. The molecule has 1 N–H and O–H groups in total. The van der Waals surface area contributed by atoms with Crippen LogP contribution in [0.25, 0.3) is 11.3 Å². The van der Waals surface area contributed by atoms with Gasteiger partial charge >= 0.3 is 0 Å². The van der Waals surface area contributed by atoms with E-state index in [0.717, 1.165) is 16.1 Å². The summed E-state index contributed by atoms with van der Waals surface area (Å²) in [5, 5.41) is 5.49. The van der Waals surface area contributed by atoms with E-state index < -0.39 is 0 Å². The number of thiophene rings is 1. The fourth-order valence-electron chi connectivity index (χ4n) is 2.18. The van der Waals surface area contributed by atoms with E-state index in [9.17, 15) is 4.79 Å². The Hall–Kier alpha value is -1.98. The first kappa shape index (κ1) is 14.9. The molecule has 0 spiro atoms. The van der Waals surface area contributed by atoms with Gasteiger partial charge in [-0.25, -0.2) is 4.98 Å². The van der Waals surface area contributed by atoms with Gasteiger partial charge in [-0.05, 0) is 44.5 Å². The molecular formula is C17H16N2OS2. The van der Waals surface area contributed by atoms with Gasteiger partial charge in [-0.1, -0.05) is 17.7 Å². The summed E-state index contributed by atoms with van der Waals surface area (Å²) in [6, 6.07) is 10.1. The summed E-state index contributed by atoms with van der Waals surface area (Å²) in [5.74, 6) is -0.0973. The molecule has 1 aromatic carbocycles. The van der Waals surface area contributed by atoms with Crippen LogP contribution in [0.4, 0.5) is 5.13 Å². The molecule has 3 rings (SSSR count). The van der Waals surface area contributed by atoms with E-state index >= 15 is 0 Å². The Balaban J connectivity index is 1.82. The molecule has 1 amide bonds. The quantitative estimate of drug-likeness (QED) is 0.731. The maximum absolute atomic E-state index is 12.2. The van der Waals surface area contributed by atoms with Gasteiger partial charge in [0, 0.05) is 15.8 Å². The summed E-state index contributed by atoms with van der Waals surface area (Å²) in [5.41, 5.74) is 4.41. The average Bonchev–Trinajstić information content (AvgIpc) is 3.11. The van der Waals surface area contributed by atoms with E-state index in [2.05, 4.69) is 42.3 Å². The van der Waals surface area contributed by atoms with Crippen molar-refractivity contribution < 1.29 is 4.79 Å². The van der Waals surface area contributed by atoms with Crippen LogP contribution in [-0.4, -0.2) is 10.9 Å². The largest absolute Gasteiger partial charge is 0.297 e. The van der Waals surface area contributed by atoms with Gasteiger partial charge in [0.25, 0.3) is 5.91 Å².